The second-order valence-electron chi connectivity index (χ2n) is 5.78. The van der Waals surface area contributed by atoms with E-state index in [4.69, 9.17) is 12.2 Å². The van der Waals surface area contributed by atoms with Crippen molar-refractivity contribution in [3.63, 3.8) is 0 Å². The van der Waals surface area contributed by atoms with Crippen LogP contribution in [-0.4, -0.2) is 56.9 Å². The standard InChI is InChI=1S/C16H15FN6OS/c17-10-8-11(13-12(9-10)20-16(25)21-13)14(24)22-4-6-23(7-5-22)15-18-2-1-3-19-15/h1-3,8-9H,4-7H2,(H2,20,21,25). The van der Waals surface area contributed by atoms with Crippen LogP contribution in [0.15, 0.2) is 30.6 Å². The molecule has 1 amide bonds. The summed E-state index contributed by atoms with van der Waals surface area (Å²) >= 11 is 5.05. The largest absolute Gasteiger partial charge is 0.337 e. The number of H-pyrrole nitrogens is 2. The third kappa shape index (κ3) is 2.98. The van der Waals surface area contributed by atoms with E-state index in [-0.39, 0.29) is 11.5 Å². The van der Waals surface area contributed by atoms with Gasteiger partial charge >= 0.3 is 0 Å². The number of fused-ring (bicyclic) bond motifs is 1. The lowest BCUT2D eigenvalue weighted by molar-refractivity contribution is 0.0747. The first-order chi connectivity index (χ1) is 12.1. The fourth-order valence-electron chi connectivity index (χ4n) is 3.01. The molecule has 7 nitrogen and oxygen atoms in total. The minimum atomic E-state index is -0.475. The van der Waals surface area contributed by atoms with Gasteiger partial charge < -0.3 is 19.8 Å². The summed E-state index contributed by atoms with van der Waals surface area (Å²) in [5, 5.41) is 0. The molecule has 128 valence electrons. The molecule has 1 aliphatic heterocycles. The number of halogens is 1. The smallest absolute Gasteiger partial charge is 0.256 e. The summed E-state index contributed by atoms with van der Waals surface area (Å²) in [4.78, 5) is 30.8. The summed E-state index contributed by atoms with van der Waals surface area (Å²) in [5.41, 5.74) is 1.31. The highest BCUT2D eigenvalue weighted by Gasteiger charge is 2.25. The zero-order chi connectivity index (χ0) is 17.4. The van der Waals surface area contributed by atoms with E-state index in [1.54, 1.807) is 23.4 Å². The number of nitrogens with zero attached hydrogens (tertiary/aromatic N) is 4. The Morgan fingerprint density at radius 2 is 1.84 bits per heavy atom. The maximum Gasteiger partial charge on any atom is 0.256 e. The molecule has 3 heterocycles. The van der Waals surface area contributed by atoms with Gasteiger partial charge in [0.15, 0.2) is 4.77 Å². The van der Waals surface area contributed by atoms with Crippen molar-refractivity contribution in [1.29, 1.82) is 0 Å². The van der Waals surface area contributed by atoms with Crippen LogP contribution in [0.5, 0.6) is 0 Å². The molecule has 0 aliphatic carbocycles. The highest BCUT2D eigenvalue weighted by Crippen LogP contribution is 2.21. The lowest BCUT2D eigenvalue weighted by Gasteiger charge is -2.34. The van der Waals surface area contributed by atoms with E-state index >= 15 is 0 Å². The number of rotatable bonds is 2. The molecule has 0 unspecified atom stereocenters. The van der Waals surface area contributed by atoms with Gasteiger partial charge in [-0.3, -0.25) is 4.79 Å². The summed E-state index contributed by atoms with van der Waals surface area (Å²) in [6.45, 7) is 2.27. The first-order valence-electron chi connectivity index (χ1n) is 7.84. The summed E-state index contributed by atoms with van der Waals surface area (Å²) < 4.78 is 14.2. The van der Waals surface area contributed by atoms with Gasteiger partial charge in [0.05, 0.1) is 16.6 Å². The number of carbonyl (C=O) groups excluding carboxylic acids is 1. The topological polar surface area (TPSA) is 80.9 Å². The van der Waals surface area contributed by atoms with Crippen molar-refractivity contribution in [3.8, 4) is 0 Å². The average Bonchev–Trinajstić information content (AvgIpc) is 3.01. The fraction of sp³-hybridized carbons (Fsp3) is 0.250. The van der Waals surface area contributed by atoms with Crippen LogP contribution in [0.4, 0.5) is 10.3 Å². The van der Waals surface area contributed by atoms with Gasteiger partial charge in [0.2, 0.25) is 5.95 Å². The summed E-state index contributed by atoms with van der Waals surface area (Å²) in [6.07, 6.45) is 3.38. The summed E-state index contributed by atoms with van der Waals surface area (Å²) in [7, 11) is 0. The van der Waals surface area contributed by atoms with Crippen molar-refractivity contribution in [3.05, 3.63) is 46.7 Å². The summed E-state index contributed by atoms with van der Waals surface area (Å²) in [5.74, 6) is -0.0433. The number of anilines is 1. The van der Waals surface area contributed by atoms with Crippen molar-refractivity contribution in [2.24, 2.45) is 0 Å². The van der Waals surface area contributed by atoms with Gasteiger partial charge in [0.25, 0.3) is 5.91 Å². The van der Waals surface area contributed by atoms with Gasteiger partial charge in [-0.15, -0.1) is 0 Å². The Morgan fingerprint density at radius 1 is 1.12 bits per heavy atom. The molecule has 9 heteroatoms. The van der Waals surface area contributed by atoms with Crippen molar-refractivity contribution >= 4 is 35.1 Å². The first kappa shape index (κ1) is 15.7. The lowest BCUT2D eigenvalue weighted by Crippen LogP contribution is -2.49. The van der Waals surface area contributed by atoms with Gasteiger partial charge in [-0.1, -0.05) is 0 Å². The molecule has 0 radical (unpaired) electrons. The zero-order valence-electron chi connectivity index (χ0n) is 13.2. The highest BCUT2D eigenvalue weighted by atomic mass is 32.1. The molecule has 25 heavy (non-hydrogen) atoms. The molecule has 3 aromatic rings. The lowest BCUT2D eigenvalue weighted by atomic mass is 10.1. The van der Waals surface area contributed by atoms with Crippen LogP contribution in [0.25, 0.3) is 11.0 Å². The van der Waals surface area contributed by atoms with E-state index in [0.717, 1.165) is 0 Å². The molecule has 1 aromatic carbocycles. The van der Waals surface area contributed by atoms with E-state index in [0.29, 0.717) is 47.9 Å². The molecule has 4 rings (SSSR count). The maximum absolute atomic E-state index is 13.9. The number of hydrogen-bond donors (Lipinski definition) is 2. The Morgan fingerprint density at radius 3 is 2.56 bits per heavy atom. The predicted octanol–water partition coefficient (Wildman–Crippen LogP) is 2.12. The van der Waals surface area contributed by atoms with E-state index in [1.165, 1.54) is 12.1 Å². The van der Waals surface area contributed by atoms with E-state index in [9.17, 15) is 9.18 Å². The number of hydrogen-bond acceptors (Lipinski definition) is 5. The van der Waals surface area contributed by atoms with Gasteiger partial charge in [0.1, 0.15) is 5.82 Å². The molecular weight excluding hydrogens is 343 g/mol. The number of benzene rings is 1. The van der Waals surface area contributed by atoms with Crippen molar-refractivity contribution in [1.82, 2.24) is 24.8 Å². The second kappa shape index (κ2) is 6.25. The van der Waals surface area contributed by atoms with Crippen molar-refractivity contribution in [2.75, 3.05) is 31.1 Å². The zero-order valence-corrected chi connectivity index (χ0v) is 14.0. The van der Waals surface area contributed by atoms with Crippen LogP contribution in [0.3, 0.4) is 0 Å². The van der Waals surface area contributed by atoms with Crippen molar-refractivity contribution in [2.45, 2.75) is 0 Å². The SMILES string of the molecule is O=C(c1cc(F)cc2[nH]c(=S)[nH]c12)N1CCN(c2ncccn2)CC1. The number of aromatic nitrogens is 4. The fourth-order valence-corrected chi connectivity index (χ4v) is 3.22. The highest BCUT2D eigenvalue weighted by molar-refractivity contribution is 7.71. The van der Waals surface area contributed by atoms with Crippen LogP contribution in [0, 0.1) is 10.6 Å². The molecule has 1 saturated heterocycles. The van der Waals surface area contributed by atoms with E-state index in [2.05, 4.69) is 19.9 Å². The molecule has 0 atom stereocenters. The minimum absolute atomic E-state index is 0.219. The number of piperazine rings is 1. The first-order valence-corrected chi connectivity index (χ1v) is 8.25. The van der Waals surface area contributed by atoms with E-state index in [1.807, 2.05) is 4.90 Å². The van der Waals surface area contributed by atoms with Gasteiger partial charge in [-0.05, 0) is 30.4 Å². The third-order valence-electron chi connectivity index (χ3n) is 4.22. The van der Waals surface area contributed by atoms with Crippen LogP contribution in [0.1, 0.15) is 10.4 Å². The molecule has 2 N–H and O–H groups in total. The number of aromatic amines is 2. The predicted molar refractivity (Wildman–Crippen MR) is 93.6 cm³/mol. The van der Waals surface area contributed by atoms with Gasteiger partial charge in [0, 0.05) is 38.6 Å². The number of imidazole rings is 1. The molecule has 1 aliphatic rings. The van der Waals surface area contributed by atoms with E-state index < -0.39 is 5.82 Å². The summed E-state index contributed by atoms with van der Waals surface area (Å²) in [6, 6.07) is 4.33. The van der Waals surface area contributed by atoms with Gasteiger partial charge in [-0.25, -0.2) is 14.4 Å². The third-order valence-corrected chi connectivity index (χ3v) is 4.43. The molecule has 0 saturated carbocycles. The van der Waals surface area contributed by atoms with Crippen molar-refractivity contribution < 1.29 is 9.18 Å². The second-order valence-corrected chi connectivity index (χ2v) is 6.19. The normalized spacial score (nSPS) is 14.9. The molecule has 0 bridgehead atoms. The van der Waals surface area contributed by atoms with Crippen LogP contribution < -0.4 is 4.90 Å². The van der Waals surface area contributed by atoms with Crippen LogP contribution >= 0.6 is 12.2 Å². The Bertz CT molecular complexity index is 977. The quantitative estimate of drug-likeness (QED) is 0.686. The van der Waals surface area contributed by atoms with Gasteiger partial charge in [-0.2, -0.15) is 0 Å². The monoisotopic (exact) mass is 358 g/mol. The molecule has 0 spiro atoms. The minimum Gasteiger partial charge on any atom is -0.337 e. The maximum atomic E-state index is 13.9. The molecule has 1 fully saturated rings. The van der Waals surface area contributed by atoms with Crippen LogP contribution in [-0.2, 0) is 0 Å². The number of nitrogens with one attached hydrogen (secondary N) is 2. The Labute approximate surface area is 147 Å². The number of amides is 1. The Hall–Kier alpha value is -2.81. The Kier molecular flexibility index (Phi) is 3.92. The Balaban J connectivity index is 1.56. The number of carbonyl (C=O) groups is 1. The molecular formula is C16H15FN6OS. The average molecular weight is 358 g/mol. The molecule has 2 aromatic heterocycles. The van der Waals surface area contributed by atoms with Crippen LogP contribution in [0.2, 0.25) is 0 Å².